The van der Waals surface area contributed by atoms with E-state index in [0.29, 0.717) is 13.2 Å². The van der Waals surface area contributed by atoms with Crippen molar-refractivity contribution in [2.24, 2.45) is 0 Å². The van der Waals surface area contributed by atoms with E-state index >= 15 is 0 Å². The van der Waals surface area contributed by atoms with Gasteiger partial charge in [0.2, 0.25) is 5.76 Å². The number of carboxylic acids is 1. The number of aromatic nitrogens is 1. The fourth-order valence-electron chi connectivity index (χ4n) is 1.32. The summed E-state index contributed by atoms with van der Waals surface area (Å²) in [6, 6.07) is 1.10. The Hall–Kier alpha value is -1.89. The molecule has 2 N–H and O–H groups in total. The first-order valence-corrected chi connectivity index (χ1v) is 5.62. The summed E-state index contributed by atoms with van der Waals surface area (Å²) in [6.07, 6.45) is 2.73. The van der Waals surface area contributed by atoms with Gasteiger partial charge in [-0.05, 0) is 19.3 Å². The number of amides is 1. The molecule has 18 heavy (non-hydrogen) atoms. The zero-order chi connectivity index (χ0) is 13.4. The van der Waals surface area contributed by atoms with Gasteiger partial charge in [0.15, 0.2) is 5.69 Å². The van der Waals surface area contributed by atoms with Crippen LogP contribution in [0, 0.1) is 0 Å². The van der Waals surface area contributed by atoms with Gasteiger partial charge < -0.3 is 19.7 Å². The second kappa shape index (κ2) is 7.44. The number of rotatable bonds is 8. The van der Waals surface area contributed by atoms with Crippen LogP contribution in [0.5, 0.6) is 0 Å². The number of carboxylic acid groups (broad SMARTS) is 1. The van der Waals surface area contributed by atoms with Crippen molar-refractivity contribution < 1.29 is 24.0 Å². The Balaban J connectivity index is 2.25. The molecule has 1 heterocycles. The number of nitrogens with zero attached hydrogens (tertiary/aromatic N) is 1. The molecule has 0 atom stereocenters. The lowest BCUT2D eigenvalue weighted by Gasteiger charge is -2.02. The first-order chi connectivity index (χ1) is 8.65. The predicted octanol–water partition coefficient (Wildman–Crippen LogP) is 0.919. The monoisotopic (exact) mass is 256 g/mol. The number of carbonyl (C=O) groups excluding carboxylic acids is 1. The normalized spacial score (nSPS) is 10.3. The van der Waals surface area contributed by atoms with Gasteiger partial charge in [0.05, 0.1) is 0 Å². The van der Waals surface area contributed by atoms with Crippen LogP contribution in [-0.2, 0) is 4.74 Å². The SMILES string of the molecule is COCCCCCNC(=O)c1cc(C(=O)O)on1. The van der Waals surface area contributed by atoms with Crippen molar-refractivity contribution in [3.8, 4) is 0 Å². The Morgan fingerprint density at radius 3 is 2.83 bits per heavy atom. The predicted molar refractivity (Wildman–Crippen MR) is 61.5 cm³/mol. The van der Waals surface area contributed by atoms with Gasteiger partial charge >= 0.3 is 5.97 Å². The Labute approximate surface area is 104 Å². The van der Waals surface area contributed by atoms with Gasteiger partial charge in [0.25, 0.3) is 5.91 Å². The van der Waals surface area contributed by atoms with E-state index in [1.54, 1.807) is 7.11 Å². The van der Waals surface area contributed by atoms with E-state index in [-0.39, 0.29) is 11.5 Å². The maximum atomic E-state index is 11.5. The summed E-state index contributed by atoms with van der Waals surface area (Å²) >= 11 is 0. The molecule has 0 aliphatic heterocycles. The number of carbonyl (C=O) groups is 2. The lowest BCUT2D eigenvalue weighted by molar-refractivity contribution is 0.0651. The van der Waals surface area contributed by atoms with E-state index in [4.69, 9.17) is 9.84 Å². The quantitative estimate of drug-likeness (QED) is 0.670. The maximum Gasteiger partial charge on any atom is 0.374 e. The van der Waals surface area contributed by atoms with E-state index in [0.717, 1.165) is 25.3 Å². The molecule has 0 saturated carbocycles. The Kier molecular flexibility index (Phi) is 5.86. The molecule has 0 bridgehead atoms. The van der Waals surface area contributed by atoms with Crippen molar-refractivity contribution in [1.29, 1.82) is 0 Å². The zero-order valence-electron chi connectivity index (χ0n) is 10.1. The zero-order valence-corrected chi connectivity index (χ0v) is 10.1. The highest BCUT2D eigenvalue weighted by atomic mass is 16.5. The molecule has 1 rings (SSSR count). The van der Waals surface area contributed by atoms with Gasteiger partial charge in [-0.2, -0.15) is 0 Å². The topological polar surface area (TPSA) is 102 Å². The Morgan fingerprint density at radius 2 is 2.22 bits per heavy atom. The molecule has 0 saturated heterocycles. The number of aromatic carboxylic acids is 1. The number of hydrogen-bond acceptors (Lipinski definition) is 5. The standard InChI is InChI=1S/C11H16N2O5/c1-17-6-4-2-3-5-12-10(14)8-7-9(11(15)16)18-13-8/h7H,2-6H2,1H3,(H,12,14)(H,15,16). The van der Waals surface area contributed by atoms with Crippen molar-refractivity contribution in [3.05, 3.63) is 17.5 Å². The molecular weight excluding hydrogens is 240 g/mol. The van der Waals surface area contributed by atoms with Crippen LogP contribution in [0.15, 0.2) is 10.6 Å². The van der Waals surface area contributed by atoms with Gasteiger partial charge in [0, 0.05) is 26.3 Å². The van der Waals surface area contributed by atoms with Gasteiger partial charge in [-0.25, -0.2) is 4.79 Å². The van der Waals surface area contributed by atoms with Crippen molar-refractivity contribution in [2.75, 3.05) is 20.3 Å². The summed E-state index contributed by atoms with van der Waals surface area (Å²) in [7, 11) is 1.65. The minimum Gasteiger partial charge on any atom is -0.475 e. The first-order valence-electron chi connectivity index (χ1n) is 5.62. The number of methoxy groups -OCH3 is 1. The molecular formula is C11H16N2O5. The molecule has 0 aromatic carbocycles. The molecule has 0 aliphatic carbocycles. The van der Waals surface area contributed by atoms with Gasteiger partial charge in [0.1, 0.15) is 0 Å². The minimum absolute atomic E-state index is 0.0238. The molecule has 1 aromatic heterocycles. The molecule has 0 aliphatic rings. The third-order valence-corrected chi connectivity index (χ3v) is 2.26. The molecule has 0 unspecified atom stereocenters. The lowest BCUT2D eigenvalue weighted by atomic mass is 10.2. The fraction of sp³-hybridized carbons (Fsp3) is 0.545. The molecule has 0 spiro atoms. The van der Waals surface area contributed by atoms with Crippen LogP contribution in [-0.4, -0.2) is 42.4 Å². The Morgan fingerprint density at radius 1 is 1.44 bits per heavy atom. The third kappa shape index (κ3) is 4.54. The molecule has 0 fully saturated rings. The van der Waals surface area contributed by atoms with E-state index in [9.17, 15) is 9.59 Å². The van der Waals surface area contributed by atoms with E-state index < -0.39 is 11.9 Å². The number of hydrogen-bond donors (Lipinski definition) is 2. The average molecular weight is 256 g/mol. The second-order valence-electron chi connectivity index (χ2n) is 3.69. The van der Waals surface area contributed by atoms with E-state index in [1.165, 1.54) is 0 Å². The van der Waals surface area contributed by atoms with Crippen LogP contribution in [0.3, 0.4) is 0 Å². The largest absolute Gasteiger partial charge is 0.475 e. The van der Waals surface area contributed by atoms with Crippen molar-refractivity contribution >= 4 is 11.9 Å². The summed E-state index contributed by atoms with van der Waals surface area (Å²) in [6.45, 7) is 1.22. The summed E-state index contributed by atoms with van der Waals surface area (Å²) in [5, 5.41) is 14.6. The van der Waals surface area contributed by atoms with Crippen LogP contribution < -0.4 is 5.32 Å². The highest BCUT2D eigenvalue weighted by Crippen LogP contribution is 2.03. The van der Waals surface area contributed by atoms with Gasteiger partial charge in [-0.15, -0.1) is 0 Å². The van der Waals surface area contributed by atoms with Crippen LogP contribution in [0.4, 0.5) is 0 Å². The first kappa shape index (κ1) is 14.2. The van der Waals surface area contributed by atoms with Crippen LogP contribution in [0.1, 0.15) is 40.3 Å². The van der Waals surface area contributed by atoms with Crippen molar-refractivity contribution in [2.45, 2.75) is 19.3 Å². The maximum absolute atomic E-state index is 11.5. The fourth-order valence-corrected chi connectivity index (χ4v) is 1.32. The van der Waals surface area contributed by atoms with Gasteiger partial charge in [-0.1, -0.05) is 5.16 Å². The summed E-state index contributed by atoms with van der Waals surface area (Å²) < 4.78 is 9.38. The van der Waals surface area contributed by atoms with Crippen LogP contribution in [0.2, 0.25) is 0 Å². The van der Waals surface area contributed by atoms with Crippen LogP contribution in [0.25, 0.3) is 0 Å². The molecule has 7 heteroatoms. The van der Waals surface area contributed by atoms with Crippen LogP contribution >= 0.6 is 0 Å². The molecule has 0 radical (unpaired) electrons. The van der Waals surface area contributed by atoms with E-state index in [2.05, 4.69) is 15.0 Å². The lowest BCUT2D eigenvalue weighted by Crippen LogP contribution is -2.24. The highest BCUT2D eigenvalue weighted by Gasteiger charge is 2.15. The molecule has 100 valence electrons. The number of nitrogens with one attached hydrogen (secondary N) is 1. The molecule has 1 amide bonds. The summed E-state index contributed by atoms with van der Waals surface area (Å²) in [5.74, 6) is -2.03. The second-order valence-corrected chi connectivity index (χ2v) is 3.69. The smallest absolute Gasteiger partial charge is 0.374 e. The average Bonchev–Trinajstić information content (AvgIpc) is 2.83. The summed E-state index contributed by atoms with van der Waals surface area (Å²) in [4.78, 5) is 22.0. The third-order valence-electron chi connectivity index (χ3n) is 2.26. The van der Waals surface area contributed by atoms with Gasteiger partial charge in [-0.3, -0.25) is 4.79 Å². The Bertz CT molecular complexity index is 402. The number of unbranched alkanes of at least 4 members (excludes halogenated alkanes) is 2. The number of ether oxygens (including phenoxy) is 1. The minimum atomic E-state index is -1.25. The van der Waals surface area contributed by atoms with Crippen molar-refractivity contribution in [1.82, 2.24) is 10.5 Å². The highest BCUT2D eigenvalue weighted by molar-refractivity contribution is 5.94. The molecule has 1 aromatic rings. The summed E-state index contributed by atoms with van der Waals surface area (Å²) in [5.41, 5.74) is -0.0238. The van der Waals surface area contributed by atoms with E-state index in [1.807, 2.05) is 0 Å². The molecule has 7 nitrogen and oxygen atoms in total. The van der Waals surface area contributed by atoms with Crippen molar-refractivity contribution in [3.63, 3.8) is 0 Å².